The van der Waals surface area contributed by atoms with Crippen LogP contribution in [0, 0.1) is 6.92 Å². The summed E-state index contributed by atoms with van der Waals surface area (Å²) >= 11 is 1.28. The smallest absolute Gasteiger partial charge is 0.244 e. The van der Waals surface area contributed by atoms with Crippen LogP contribution in [-0.2, 0) is 10.0 Å². The first-order valence-electron chi connectivity index (χ1n) is 8.53. The highest BCUT2D eigenvalue weighted by Gasteiger charge is 2.27. The average molecular weight is 403 g/mol. The summed E-state index contributed by atoms with van der Waals surface area (Å²) < 4.78 is 28.3. The van der Waals surface area contributed by atoms with Crippen molar-refractivity contribution in [1.29, 1.82) is 0 Å². The van der Waals surface area contributed by atoms with Gasteiger partial charge >= 0.3 is 0 Å². The molecule has 1 aliphatic heterocycles. The van der Waals surface area contributed by atoms with Gasteiger partial charge in [-0.15, -0.1) is 5.10 Å². The average Bonchev–Trinajstić information content (AvgIpc) is 3.35. The number of hydrogen-bond acceptors (Lipinski definition) is 7. The molecule has 0 aliphatic carbocycles. The molecule has 4 rings (SSSR count). The second kappa shape index (κ2) is 7.37. The maximum Gasteiger partial charge on any atom is 0.244 e. The van der Waals surface area contributed by atoms with E-state index >= 15 is 0 Å². The van der Waals surface area contributed by atoms with E-state index < -0.39 is 10.0 Å². The number of nitrogens with zero attached hydrogens (tertiary/aromatic N) is 6. The highest BCUT2D eigenvalue weighted by molar-refractivity contribution is 7.99. The Morgan fingerprint density at radius 1 is 1.04 bits per heavy atom. The van der Waals surface area contributed by atoms with Gasteiger partial charge in [0, 0.05) is 19.3 Å². The molecule has 10 heteroatoms. The van der Waals surface area contributed by atoms with E-state index in [-0.39, 0.29) is 4.90 Å². The molecule has 1 saturated heterocycles. The molecule has 1 aromatic carbocycles. The summed E-state index contributed by atoms with van der Waals surface area (Å²) in [6, 6.07) is 11.1. The normalized spacial score (nSPS) is 15.3. The number of benzene rings is 1. The number of hydrogen-bond donors (Lipinski definition) is 0. The fourth-order valence-electron chi connectivity index (χ4n) is 2.84. The SMILES string of the molecule is Cc1ccc(-n2nnnc2Sc2ccc(S(=O)(=O)N3CCCC3)cn2)cc1. The van der Waals surface area contributed by atoms with E-state index in [2.05, 4.69) is 20.5 Å². The number of tetrazole rings is 1. The molecule has 27 heavy (non-hydrogen) atoms. The van der Waals surface area contributed by atoms with Crippen molar-refractivity contribution in [3.63, 3.8) is 0 Å². The number of sulfonamides is 1. The summed E-state index contributed by atoms with van der Waals surface area (Å²) in [5.74, 6) is 0. The summed E-state index contributed by atoms with van der Waals surface area (Å²) in [4.78, 5) is 4.50. The molecule has 0 saturated carbocycles. The van der Waals surface area contributed by atoms with Crippen molar-refractivity contribution >= 4 is 21.8 Å². The second-order valence-electron chi connectivity index (χ2n) is 6.25. The van der Waals surface area contributed by atoms with Crippen LogP contribution < -0.4 is 0 Å². The van der Waals surface area contributed by atoms with Gasteiger partial charge in [-0.1, -0.05) is 17.7 Å². The van der Waals surface area contributed by atoms with Crippen molar-refractivity contribution in [2.24, 2.45) is 0 Å². The Morgan fingerprint density at radius 2 is 1.78 bits per heavy atom. The van der Waals surface area contributed by atoms with Gasteiger partial charge in [-0.2, -0.15) is 8.99 Å². The standard InChI is InChI=1S/C17H18N6O2S2/c1-13-4-6-14(7-5-13)23-17(19-20-21-23)26-16-9-8-15(12-18-16)27(24,25)22-10-2-3-11-22/h4-9,12H,2-3,10-11H2,1H3. The predicted molar refractivity (Wildman–Crippen MR) is 100 cm³/mol. The van der Waals surface area contributed by atoms with Gasteiger partial charge in [0.15, 0.2) is 0 Å². The van der Waals surface area contributed by atoms with E-state index in [1.165, 1.54) is 22.3 Å². The summed E-state index contributed by atoms with van der Waals surface area (Å²) in [5, 5.41) is 13.0. The van der Waals surface area contributed by atoms with Crippen molar-refractivity contribution in [2.75, 3.05) is 13.1 Å². The van der Waals surface area contributed by atoms with E-state index in [1.54, 1.807) is 16.8 Å². The van der Waals surface area contributed by atoms with Crippen molar-refractivity contribution in [3.8, 4) is 5.69 Å². The lowest BCUT2D eigenvalue weighted by atomic mass is 10.2. The van der Waals surface area contributed by atoms with E-state index in [0.29, 0.717) is 23.3 Å². The lowest BCUT2D eigenvalue weighted by Crippen LogP contribution is -2.27. The van der Waals surface area contributed by atoms with E-state index in [9.17, 15) is 8.42 Å². The van der Waals surface area contributed by atoms with Gasteiger partial charge in [-0.25, -0.2) is 13.4 Å². The molecule has 8 nitrogen and oxygen atoms in total. The Balaban J connectivity index is 1.55. The topological polar surface area (TPSA) is 93.9 Å². The number of aryl methyl sites for hydroxylation is 1. The van der Waals surface area contributed by atoms with Crippen molar-refractivity contribution in [3.05, 3.63) is 48.2 Å². The van der Waals surface area contributed by atoms with Gasteiger partial charge < -0.3 is 0 Å². The second-order valence-corrected chi connectivity index (χ2v) is 9.18. The zero-order valence-corrected chi connectivity index (χ0v) is 16.3. The lowest BCUT2D eigenvalue weighted by molar-refractivity contribution is 0.477. The van der Waals surface area contributed by atoms with Gasteiger partial charge in [-0.05, 0) is 66.2 Å². The third-order valence-electron chi connectivity index (χ3n) is 4.33. The lowest BCUT2D eigenvalue weighted by Gasteiger charge is -2.15. The van der Waals surface area contributed by atoms with Gasteiger partial charge in [0.25, 0.3) is 0 Å². The van der Waals surface area contributed by atoms with Crippen LogP contribution in [0.3, 0.4) is 0 Å². The molecule has 0 spiro atoms. The molecular weight excluding hydrogens is 384 g/mol. The van der Waals surface area contributed by atoms with Crippen LogP contribution in [0.25, 0.3) is 5.69 Å². The van der Waals surface area contributed by atoms with E-state index in [0.717, 1.165) is 24.1 Å². The third kappa shape index (κ3) is 3.73. The number of rotatable bonds is 5. The van der Waals surface area contributed by atoms with Crippen LogP contribution in [0.5, 0.6) is 0 Å². The predicted octanol–water partition coefficient (Wildman–Crippen LogP) is 2.30. The monoisotopic (exact) mass is 402 g/mol. The van der Waals surface area contributed by atoms with Gasteiger partial charge in [0.1, 0.15) is 9.92 Å². The summed E-state index contributed by atoms with van der Waals surface area (Å²) in [7, 11) is -3.46. The Morgan fingerprint density at radius 3 is 2.44 bits per heavy atom. The first kappa shape index (κ1) is 18.1. The van der Waals surface area contributed by atoms with Gasteiger partial charge in [0.05, 0.1) is 5.69 Å². The van der Waals surface area contributed by atoms with Crippen LogP contribution in [0.2, 0.25) is 0 Å². The van der Waals surface area contributed by atoms with E-state index in [4.69, 9.17) is 0 Å². The Hall–Kier alpha value is -2.30. The Labute approximate surface area is 161 Å². The molecule has 0 atom stereocenters. The molecule has 1 fully saturated rings. The zero-order valence-electron chi connectivity index (χ0n) is 14.7. The Kier molecular flexibility index (Phi) is 4.94. The molecular formula is C17H18N6O2S2. The Bertz CT molecular complexity index is 1030. The maximum atomic E-state index is 12.6. The molecule has 0 amide bonds. The van der Waals surface area contributed by atoms with Crippen LogP contribution in [0.15, 0.2) is 57.7 Å². The fourth-order valence-corrected chi connectivity index (χ4v) is 5.04. The molecule has 0 radical (unpaired) electrons. The molecule has 3 heterocycles. The zero-order chi connectivity index (χ0) is 18.9. The van der Waals surface area contributed by atoms with Gasteiger partial charge in [-0.3, -0.25) is 0 Å². The molecule has 140 valence electrons. The van der Waals surface area contributed by atoms with Crippen LogP contribution in [0.4, 0.5) is 0 Å². The summed E-state index contributed by atoms with van der Waals surface area (Å²) in [5.41, 5.74) is 2.00. The quantitative estimate of drug-likeness (QED) is 0.646. The number of pyridine rings is 1. The van der Waals surface area contributed by atoms with Crippen LogP contribution in [0.1, 0.15) is 18.4 Å². The minimum atomic E-state index is -3.46. The number of aromatic nitrogens is 5. The van der Waals surface area contributed by atoms with Crippen molar-refractivity contribution in [1.82, 2.24) is 29.5 Å². The third-order valence-corrected chi connectivity index (χ3v) is 7.10. The largest absolute Gasteiger partial charge is 0.248 e. The molecule has 2 aromatic heterocycles. The highest BCUT2D eigenvalue weighted by atomic mass is 32.2. The molecule has 0 bridgehead atoms. The fraction of sp³-hybridized carbons (Fsp3) is 0.294. The molecule has 1 aliphatic rings. The first-order valence-corrected chi connectivity index (χ1v) is 10.8. The van der Waals surface area contributed by atoms with Gasteiger partial charge in [0.2, 0.25) is 15.2 Å². The highest BCUT2D eigenvalue weighted by Crippen LogP contribution is 2.27. The summed E-state index contributed by atoms with van der Waals surface area (Å²) in [6.07, 6.45) is 3.21. The molecule has 3 aromatic rings. The molecule has 0 unspecified atom stereocenters. The maximum absolute atomic E-state index is 12.6. The van der Waals surface area contributed by atoms with Crippen molar-refractivity contribution < 1.29 is 8.42 Å². The molecule has 0 N–H and O–H groups in total. The van der Waals surface area contributed by atoms with Crippen LogP contribution in [-0.4, -0.2) is 51.0 Å². The summed E-state index contributed by atoms with van der Waals surface area (Å²) in [6.45, 7) is 3.16. The van der Waals surface area contributed by atoms with Crippen molar-refractivity contribution in [2.45, 2.75) is 34.8 Å². The minimum absolute atomic E-state index is 0.215. The first-order chi connectivity index (χ1) is 13.0. The van der Waals surface area contributed by atoms with Crippen LogP contribution >= 0.6 is 11.8 Å². The van der Waals surface area contributed by atoms with E-state index in [1.807, 2.05) is 31.2 Å². The minimum Gasteiger partial charge on any atom is -0.248 e.